The van der Waals surface area contributed by atoms with Gasteiger partial charge in [0.25, 0.3) is 5.91 Å². The molecule has 25 heavy (non-hydrogen) atoms. The zero-order valence-corrected chi connectivity index (χ0v) is 14.1. The van der Waals surface area contributed by atoms with Gasteiger partial charge in [0.1, 0.15) is 0 Å². The van der Waals surface area contributed by atoms with Crippen molar-refractivity contribution in [3.05, 3.63) is 47.8 Å². The Labute approximate surface area is 146 Å². The highest BCUT2D eigenvalue weighted by atomic mass is 16.4. The largest absolute Gasteiger partial charge is 0.481 e. The third-order valence-electron chi connectivity index (χ3n) is 5.30. The lowest BCUT2D eigenvalue weighted by atomic mass is 9.92. The normalized spacial score (nSPS) is 23.0. The number of hydrogen-bond donors (Lipinski definition) is 1. The summed E-state index contributed by atoms with van der Waals surface area (Å²) in [6, 6.07) is 11.4. The van der Waals surface area contributed by atoms with E-state index >= 15 is 0 Å². The summed E-state index contributed by atoms with van der Waals surface area (Å²) in [5.74, 6) is -0.875. The second-order valence-corrected chi connectivity index (χ2v) is 7.07. The van der Waals surface area contributed by atoms with E-state index in [9.17, 15) is 14.7 Å². The Kier molecular flexibility index (Phi) is 3.82. The number of likely N-dealkylation sites (tertiary alicyclic amines) is 1. The van der Waals surface area contributed by atoms with Crippen molar-refractivity contribution in [3.63, 3.8) is 0 Å². The molecule has 2 atom stereocenters. The Morgan fingerprint density at radius 2 is 1.88 bits per heavy atom. The highest BCUT2D eigenvalue weighted by Gasteiger charge is 2.47. The summed E-state index contributed by atoms with van der Waals surface area (Å²) >= 11 is 0. The van der Waals surface area contributed by atoms with Crippen LogP contribution in [0.5, 0.6) is 0 Å². The van der Waals surface area contributed by atoms with Crippen LogP contribution in [0.3, 0.4) is 0 Å². The van der Waals surface area contributed by atoms with Gasteiger partial charge in [-0.05, 0) is 49.8 Å². The lowest BCUT2D eigenvalue weighted by molar-refractivity contribution is -0.142. The van der Waals surface area contributed by atoms with E-state index in [0.29, 0.717) is 18.2 Å². The van der Waals surface area contributed by atoms with Gasteiger partial charge < -0.3 is 10.0 Å². The number of para-hydroxylation sites is 1. The van der Waals surface area contributed by atoms with E-state index in [4.69, 9.17) is 0 Å². The number of hydrogen-bond acceptors (Lipinski definition) is 3. The zero-order chi connectivity index (χ0) is 17.6. The van der Waals surface area contributed by atoms with Crippen LogP contribution in [0.15, 0.2) is 36.4 Å². The maximum atomic E-state index is 12.9. The Balaban J connectivity index is 1.56. The molecule has 0 spiro atoms. The molecule has 1 aromatic heterocycles. The van der Waals surface area contributed by atoms with E-state index in [1.165, 1.54) is 0 Å². The molecule has 130 valence electrons. The van der Waals surface area contributed by atoms with Gasteiger partial charge in [0.15, 0.2) is 5.69 Å². The van der Waals surface area contributed by atoms with Crippen LogP contribution < -0.4 is 0 Å². The molecule has 1 N–H and O–H groups in total. The first-order chi connectivity index (χ1) is 12.0. The van der Waals surface area contributed by atoms with E-state index in [2.05, 4.69) is 5.10 Å². The number of carboxylic acid groups (broad SMARTS) is 1. The van der Waals surface area contributed by atoms with Gasteiger partial charge in [-0.25, -0.2) is 4.68 Å². The second-order valence-electron chi connectivity index (χ2n) is 7.07. The summed E-state index contributed by atoms with van der Waals surface area (Å²) in [5, 5.41) is 13.9. The molecule has 1 amide bonds. The molecular weight excluding hydrogens is 318 g/mol. The molecule has 0 bridgehead atoms. The molecule has 1 aliphatic carbocycles. The third-order valence-corrected chi connectivity index (χ3v) is 5.30. The molecule has 0 unspecified atom stereocenters. The summed E-state index contributed by atoms with van der Waals surface area (Å²) in [4.78, 5) is 26.1. The number of aromatic nitrogens is 2. The first kappa shape index (κ1) is 15.9. The van der Waals surface area contributed by atoms with Crippen LogP contribution in [-0.4, -0.2) is 44.8 Å². The molecule has 0 radical (unpaired) electrons. The average molecular weight is 339 g/mol. The van der Waals surface area contributed by atoms with Gasteiger partial charge in [-0.1, -0.05) is 18.2 Å². The number of amides is 1. The van der Waals surface area contributed by atoms with Crippen LogP contribution in [-0.2, 0) is 4.79 Å². The van der Waals surface area contributed by atoms with Crippen molar-refractivity contribution in [2.75, 3.05) is 13.1 Å². The van der Waals surface area contributed by atoms with Crippen LogP contribution in [0.1, 0.15) is 29.0 Å². The molecule has 2 aliphatic rings. The lowest BCUT2D eigenvalue weighted by Gasteiger charge is -2.14. The van der Waals surface area contributed by atoms with Crippen molar-refractivity contribution >= 4 is 11.9 Å². The third kappa shape index (κ3) is 2.92. The molecule has 2 aromatic rings. The van der Waals surface area contributed by atoms with Crippen LogP contribution in [0.2, 0.25) is 0 Å². The number of carbonyl (C=O) groups excluding carboxylic acids is 1. The molecule has 4 rings (SSSR count). The zero-order valence-electron chi connectivity index (χ0n) is 14.1. The van der Waals surface area contributed by atoms with Crippen molar-refractivity contribution in [3.8, 4) is 5.69 Å². The van der Waals surface area contributed by atoms with E-state index < -0.39 is 11.9 Å². The smallest absolute Gasteiger partial charge is 0.308 e. The minimum Gasteiger partial charge on any atom is -0.481 e. The van der Waals surface area contributed by atoms with Gasteiger partial charge in [0, 0.05) is 18.8 Å². The summed E-state index contributed by atoms with van der Waals surface area (Å²) in [6.45, 7) is 2.72. The minimum atomic E-state index is -0.793. The molecule has 6 heteroatoms. The van der Waals surface area contributed by atoms with E-state index in [1.54, 1.807) is 15.6 Å². The van der Waals surface area contributed by atoms with Crippen molar-refractivity contribution in [2.45, 2.75) is 19.8 Å². The molecule has 2 heterocycles. The van der Waals surface area contributed by atoms with E-state index in [0.717, 1.165) is 24.2 Å². The second kappa shape index (κ2) is 6.02. The van der Waals surface area contributed by atoms with Gasteiger partial charge in [-0.15, -0.1) is 0 Å². The molecule has 1 saturated heterocycles. The average Bonchev–Trinajstić information content (AvgIpc) is 3.23. The van der Waals surface area contributed by atoms with Crippen molar-refractivity contribution in [1.29, 1.82) is 0 Å². The van der Waals surface area contributed by atoms with Gasteiger partial charge in [-0.2, -0.15) is 5.10 Å². The van der Waals surface area contributed by atoms with Crippen molar-refractivity contribution in [2.24, 2.45) is 17.8 Å². The number of rotatable bonds is 4. The number of carbonyl (C=O) groups is 2. The fraction of sp³-hybridized carbons (Fsp3) is 0.421. The summed E-state index contributed by atoms with van der Waals surface area (Å²) in [7, 11) is 0. The number of nitrogens with zero attached hydrogens (tertiary/aromatic N) is 3. The van der Waals surface area contributed by atoms with Gasteiger partial charge in [0.05, 0.1) is 11.6 Å². The number of aryl methyl sites for hydroxylation is 1. The quantitative estimate of drug-likeness (QED) is 0.928. The fourth-order valence-corrected chi connectivity index (χ4v) is 3.83. The Hall–Kier alpha value is -2.63. The number of benzene rings is 1. The highest BCUT2D eigenvalue weighted by molar-refractivity contribution is 5.93. The van der Waals surface area contributed by atoms with Crippen LogP contribution in [0.25, 0.3) is 5.69 Å². The monoisotopic (exact) mass is 339 g/mol. The standard InChI is InChI=1S/C19H21N3O3/c1-12-9-17(20-22(12)14-5-3-2-4-6-14)18(23)21-10-15(13-7-8-13)16(11-21)19(24)25/h2-6,9,13,15-16H,7-8,10-11H2,1H3,(H,24,25)/t15-,16+/m1/s1. The fourth-order valence-electron chi connectivity index (χ4n) is 3.83. The van der Waals surface area contributed by atoms with Gasteiger partial charge >= 0.3 is 5.97 Å². The topological polar surface area (TPSA) is 75.4 Å². The van der Waals surface area contributed by atoms with Crippen molar-refractivity contribution in [1.82, 2.24) is 14.7 Å². The lowest BCUT2D eigenvalue weighted by Crippen LogP contribution is -2.30. The molecule has 6 nitrogen and oxygen atoms in total. The van der Waals surface area contributed by atoms with Crippen LogP contribution in [0.4, 0.5) is 0 Å². The number of aliphatic carboxylic acids is 1. The molecular formula is C19H21N3O3. The maximum Gasteiger partial charge on any atom is 0.308 e. The van der Waals surface area contributed by atoms with Gasteiger partial charge in [-0.3, -0.25) is 9.59 Å². The summed E-state index contributed by atoms with van der Waals surface area (Å²) in [6.07, 6.45) is 2.16. The van der Waals surface area contributed by atoms with E-state index in [-0.39, 0.29) is 18.4 Å². The highest BCUT2D eigenvalue weighted by Crippen LogP contribution is 2.44. The maximum absolute atomic E-state index is 12.9. The molecule has 2 fully saturated rings. The SMILES string of the molecule is Cc1cc(C(=O)N2C[C@H](C(=O)O)[C@@H](C3CC3)C2)nn1-c1ccccc1. The molecule has 1 aliphatic heterocycles. The summed E-state index contributed by atoms with van der Waals surface area (Å²) < 4.78 is 1.75. The predicted molar refractivity (Wildman–Crippen MR) is 91.5 cm³/mol. The first-order valence-electron chi connectivity index (χ1n) is 8.69. The van der Waals surface area contributed by atoms with Crippen LogP contribution >= 0.6 is 0 Å². The summed E-state index contributed by atoms with van der Waals surface area (Å²) in [5.41, 5.74) is 2.16. The van der Waals surface area contributed by atoms with Crippen LogP contribution in [0, 0.1) is 24.7 Å². The Morgan fingerprint density at radius 3 is 2.52 bits per heavy atom. The van der Waals surface area contributed by atoms with Crippen molar-refractivity contribution < 1.29 is 14.7 Å². The van der Waals surface area contributed by atoms with Gasteiger partial charge in [0.2, 0.25) is 0 Å². The number of carboxylic acids is 1. The Bertz CT molecular complexity index is 811. The molecule has 1 saturated carbocycles. The van der Waals surface area contributed by atoms with E-state index in [1.807, 2.05) is 37.3 Å². The first-order valence-corrected chi connectivity index (χ1v) is 8.69. The predicted octanol–water partition coefficient (Wildman–Crippen LogP) is 2.36. The molecule has 1 aromatic carbocycles. The Morgan fingerprint density at radius 1 is 1.16 bits per heavy atom. The minimum absolute atomic E-state index is 0.0822.